The van der Waals surface area contributed by atoms with Crippen LogP contribution in [0.5, 0.6) is 0 Å². The first-order valence-electron chi connectivity index (χ1n) is 10.1. The summed E-state index contributed by atoms with van der Waals surface area (Å²) >= 11 is 1.19. The van der Waals surface area contributed by atoms with Crippen LogP contribution in [0.3, 0.4) is 0 Å². The number of benzene rings is 1. The van der Waals surface area contributed by atoms with Crippen molar-refractivity contribution in [3.05, 3.63) is 45.6 Å². The Morgan fingerprint density at radius 2 is 1.36 bits per heavy atom. The number of likely N-dealkylation sites (tertiary alicyclic amines) is 1. The summed E-state index contributed by atoms with van der Waals surface area (Å²) in [6.07, 6.45) is 3.52. The summed E-state index contributed by atoms with van der Waals surface area (Å²) in [6, 6.07) is 11.1. The zero-order chi connectivity index (χ0) is 19.9. The van der Waals surface area contributed by atoms with Gasteiger partial charge in [-0.05, 0) is 0 Å². The number of ether oxygens (including phenoxy) is 1. The van der Waals surface area contributed by atoms with Crippen LogP contribution >= 0.6 is 0 Å². The molecule has 2 radical (unpaired) electrons. The molecular weight excluding hydrogens is 449 g/mol. The van der Waals surface area contributed by atoms with Gasteiger partial charge in [-0.25, -0.2) is 0 Å². The van der Waals surface area contributed by atoms with Gasteiger partial charge in [-0.15, -0.1) is 0 Å². The Hall–Kier alpha value is -0.321. The second-order valence-electron chi connectivity index (χ2n) is 5.01. The van der Waals surface area contributed by atoms with Gasteiger partial charge in [-0.3, -0.25) is 0 Å². The molecule has 2 aliphatic heterocycles. The summed E-state index contributed by atoms with van der Waals surface area (Å²) in [7, 11) is 2.20. The van der Waals surface area contributed by atoms with Crippen molar-refractivity contribution in [3.8, 4) is 0 Å². The molecule has 3 heteroatoms. The minimum atomic E-state index is -0.0506. The van der Waals surface area contributed by atoms with Crippen LogP contribution in [0, 0.1) is 0 Å². The molecule has 0 aliphatic carbocycles. The Labute approximate surface area is 193 Å². The Kier molecular flexibility index (Phi) is 31.4. The van der Waals surface area contributed by atoms with Gasteiger partial charge in [0.1, 0.15) is 0 Å². The van der Waals surface area contributed by atoms with Crippen LogP contribution in [-0.2, 0) is 4.74 Å². The standard InChI is InChI=1S/C14H16NO.4C2H6.3CH4.Sn.H/c1-15-10-9-14(8-5-11-16-14)13(15)12-6-3-2-4-7-12;4*1-2;;;;;/h2-4,6-8,13H,9-11H2,1H3;4*1-2H3;3*1H4;;/t13-,14-;;;;;;;;;/m0........./s1. The molecule has 0 unspecified atom stereocenters. The van der Waals surface area contributed by atoms with Gasteiger partial charge in [0.25, 0.3) is 0 Å². The molecule has 1 aromatic carbocycles. The quantitative estimate of drug-likeness (QED) is 0.366. The third-order valence-corrected chi connectivity index (χ3v) is 4.76. The second kappa shape index (κ2) is 23.0. The molecule has 2 heterocycles. The van der Waals surface area contributed by atoms with Gasteiger partial charge in [0, 0.05) is 0 Å². The summed E-state index contributed by atoms with van der Waals surface area (Å²) in [5.74, 6) is 0. The Balaban J connectivity index is -0.000000144. The zero-order valence-electron chi connectivity index (χ0n) is 18.1. The minimum absolute atomic E-state index is 0. The number of nitrogens with zero attached hydrogens (tertiary/aromatic N) is 1. The van der Waals surface area contributed by atoms with Crippen LogP contribution in [0.4, 0.5) is 0 Å². The van der Waals surface area contributed by atoms with Gasteiger partial charge < -0.3 is 0 Å². The first kappa shape index (κ1) is 38.3. The van der Waals surface area contributed by atoms with Crippen LogP contribution in [0.15, 0.2) is 40.0 Å². The Bertz CT molecular complexity index is 447. The van der Waals surface area contributed by atoms with E-state index in [0.717, 1.165) is 19.6 Å². The van der Waals surface area contributed by atoms with Crippen LogP contribution in [0.25, 0.3) is 0 Å². The molecule has 0 saturated carbocycles. The Morgan fingerprint density at radius 1 is 0.893 bits per heavy atom. The van der Waals surface area contributed by atoms with Crippen LogP contribution in [0.2, 0.25) is 0 Å². The zero-order valence-corrected chi connectivity index (χ0v) is 21.4. The summed E-state index contributed by atoms with van der Waals surface area (Å²) in [5.41, 5.74) is 1.32. The van der Waals surface area contributed by atoms with Crippen LogP contribution in [0.1, 0.15) is 95.7 Å². The first-order valence-corrected chi connectivity index (χ1v) is 11.7. The predicted molar refractivity (Wildman–Crippen MR) is 136 cm³/mol. The van der Waals surface area contributed by atoms with Gasteiger partial charge >= 0.3 is 116 Å². The molecule has 2 aliphatic rings. The van der Waals surface area contributed by atoms with E-state index in [9.17, 15) is 0 Å². The summed E-state index contributed by atoms with van der Waals surface area (Å²) in [4.78, 5) is 2.42. The molecule has 1 aromatic rings. The van der Waals surface area contributed by atoms with Gasteiger partial charge in [-0.2, -0.15) is 0 Å². The van der Waals surface area contributed by atoms with E-state index in [1.165, 1.54) is 31.7 Å². The molecule has 0 bridgehead atoms. The number of rotatable bonds is 1. The van der Waals surface area contributed by atoms with Crippen LogP contribution < -0.4 is 0 Å². The maximum absolute atomic E-state index is 6.15. The van der Waals surface area contributed by atoms with E-state index in [4.69, 9.17) is 4.74 Å². The van der Waals surface area contributed by atoms with E-state index in [0.29, 0.717) is 6.04 Å². The maximum atomic E-state index is 6.15. The average Bonchev–Trinajstić information content (AvgIpc) is 3.24. The number of hydrogen-bond acceptors (Lipinski definition) is 2. The molecule has 3 rings (SSSR count). The summed E-state index contributed by atoms with van der Waals surface area (Å²) < 4.78 is 7.64. The van der Waals surface area contributed by atoms with E-state index in [1.54, 1.807) is 0 Å². The molecule has 2 nitrogen and oxygen atoms in total. The third-order valence-electron chi connectivity index (χ3n) is 3.81. The fraction of sp³-hybridized carbons (Fsp3) is 0.680. The predicted octanol–water partition coefficient (Wildman–Crippen LogP) is 7.63. The molecule has 0 N–H and O–H groups in total. The molecule has 1 fully saturated rings. The molecule has 1 spiro atoms. The van der Waals surface area contributed by atoms with Crippen molar-refractivity contribution in [1.82, 2.24) is 4.90 Å². The third kappa shape index (κ3) is 10.5. The van der Waals surface area contributed by atoms with Crippen molar-refractivity contribution in [3.63, 3.8) is 0 Å². The van der Waals surface area contributed by atoms with E-state index < -0.39 is 0 Å². The van der Waals surface area contributed by atoms with Crippen molar-refractivity contribution in [2.75, 3.05) is 20.2 Å². The normalized spacial score (nSPS) is 21.1. The van der Waals surface area contributed by atoms with Gasteiger partial charge in [0.2, 0.25) is 0 Å². The molecular formula is C25H53NOSn. The van der Waals surface area contributed by atoms with Crippen molar-refractivity contribution in [2.45, 2.75) is 95.7 Å². The summed E-state index contributed by atoms with van der Waals surface area (Å²) in [5, 5.41) is 0. The van der Waals surface area contributed by atoms with Crippen molar-refractivity contribution >= 4 is 22.5 Å². The SMILES string of the molecule is C.C.C.CC.CC.CC.CC.CN1CC[C@@]2(C=[C]([SnH])CO2)[C@@H]1c1ccccc1. The number of hydrogen-bond donors (Lipinski definition) is 0. The van der Waals surface area contributed by atoms with Crippen molar-refractivity contribution < 1.29 is 4.74 Å². The van der Waals surface area contributed by atoms with Gasteiger partial charge in [0.05, 0.1) is 0 Å². The first-order chi connectivity index (χ1) is 12.2. The topological polar surface area (TPSA) is 12.5 Å². The average molecular weight is 502 g/mol. The van der Waals surface area contributed by atoms with E-state index in [1.807, 2.05) is 55.4 Å². The number of likely N-dealkylation sites (N-methyl/N-ethyl adjacent to an activating group) is 1. The Morgan fingerprint density at radius 3 is 1.75 bits per heavy atom. The van der Waals surface area contributed by atoms with Crippen molar-refractivity contribution in [1.29, 1.82) is 0 Å². The van der Waals surface area contributed by atoms with E-state index in [2.05, 4.69) is 48.4 Å². The van der Waals surface area contributed by atoms with Crippen LogP contribution in [-0.4, -0.2) is 53.2 Å². The molecule has 1 saturated heterocycles. The second-order valence-corrected chi connectivity index (χ2v) is 7.12. The molecule has 0 aromatic heterocycles. The van der Waals surface area contributed by atoms with Gasteiger partial charge in [0.15, 0.2) is 0 Å². The molecule has 168 valence electrons. The molecule has 0 amide bonds. The molecule has 28 heavy (non-hydrogen) atoms. The van der Waals surface area contributed by atoms with E-state index >= 15 is 0 Å². The van der Waals surface area contributed by atoms with Crippen molar-refractivity contribution in [2.24, 2.45) is 0 Å². The summed E-state index contributed by atoms with van der Waals surface area (Å²) in [6.45, 7) is 18.0. The van der Waals surface area contributed by atoms with Gasteiger partial charge in [-0.1, -0.05) is 77.7 Å². The monoisotopic (exact) mass is 503 g/mol. The fourth-order valence-electron chi connectivity index (χ4n) is 3.08. The molecule has 2 atom stereocenters. The van der Waals surface area contributed by atoms with E-state index in [-0.39, 0.29) is 27.9 Å². The fourth-order valence-corrected chi connectivity index (χ4v) is 4.12.